The van der Waals surface area contributed by atoms with Gasteiger partial charge in [-0.2, -0.15) is 0 Å². The molecule has 4 nitrogen and oxygen atoms in total. The van der Waals surface area contributed by atoms with Gasteiger partial charge in [0.15, 0.2) is 0 Å². The average Bonchev–Trinajstić information content (AvgIpc) is 2.70. The predicted octanol–water partition coefficient (Wildman–Crippen LogP) is 7.09. The van der Waals surface area contributed by atoms with Crippen molar-refractivity contribution in [1.29, 1.82) is 0 Å². The van der Waals surface area contributed by atoms with Crippen molar-refractivity contribution in [3.8, 4) is 0 Å². The zero-order chi connectivity index (χ0) is 22.0. The molecule has 4 heteroatoms. The first-order valence-electron chi connectivity index (χ1n) is 12.7. The van der Waals surface area contributed by atoms with Crippen LogP contribution in [-0.2, 0) is 4.79 Å². The van der Waals surface area contributed by atoms with Crippen molar-refractivity contribution >= 4 is 5.97 Å². The van der Waals surface area contributed by atoms with Gasteiger partial charge < -0.3 is 15.5 Å². The smallest absolute Gasteiger partial charge is 0.332 e. The third-order valence-corrected chi connectivity index (χ3v) is 5.31. The van der Waals surface area contributed by atoms with Crippen molar-refractivity contribution in [2.24, 2.45) is 0 Å². The van der Waals surface area contributed by atoms with E-state index < -0.39 is 12.1 Å². The molecule has 0 fully saturated rings. The van der Waals surface area contributed by atoms with E-state index in [2.05, 4.69) is 19.2 Å². The quantitative estimate of drug-likeness (QED) is 0.175. The summed E-state index contributed by atoms with van der Waals surface area (Å²) in [7, 11) is 0. The van der Waals surface area contributed by atoms with Crippen molar-refractivity contribution in [2.45, 2.75) is 142 Å². The number of hydrogen-bond acceptors (Lipinski definition) is 3. The molecule has 0 heterocycles. The number of aliphatic hydroxyl groups excluding tert-OH is 1. The number of nitrogens with one attached hydrogen (secondary N) is 1. The number of rotatable bonds is 21. The van der Waals surface area contributed by atoms with Crippen LogP contribution in [-0.4, -0.2) is 35.4 Å². The fourth-order valence-corrected chi connectivity index (χ4v) is 3.33. The second kappa shape index (κ2) is 27.4. The van der Waals surface area contributed by atoms with E-state index in [1.54, 1.807) is 0 Å². The zero-order valence-corrected chi connectivity index (χ0v) is 20.0. The highest BCUT2D eigenvalue weighted by molar-refractivity contribution is 5.71. The van der Waals surface area contributed by atoms with Gasteiger partial charge in [0, 0.05) is 0 Å². The Hall–Kier alpha value is -0.610. The lowest BCUT2D eigenvalue weighted by Gasteiger charge is -2.04. The molecule has 0 saturated heterocycles. The summed E-state index contributed by atoms with van der Waals surface area (Å²) < 4.78 is 0. The molecule has 0 aliphatic rings. The summed E-state index contributed by atoms with van der Waals surface area (Å²) in [5.41, 5.74) is 0. The minimum absolute atomic E-state index is 1.12. The van der Waals surface area contributed by atoms with Gasteiger partial charge in [0.25, 0.3) is 0 Å². The molecule has 0 rings (SSSR count). The first kappa shape index (κ1) is 30.6. The Bertz CT molecular complexity index is 288. The third kappa shape index (κ3) is 32.3. The molecule has 0 aromatic rings. The van der Waals surface area contributed by atoms with E-state index in [0.717, 1.165) is 6.54 Å². The number of carboxylic acid groups (broad SMARTS) is 1. The van der Waals surface area contributed by atoms with Crippen LogP contribution in [0.4, 0.5) is 0 Å². The van der Waals surface area contributed by atoms with Crippen LogP contribution in [0.15, 0.2) is 0 Å². The molecule has 0 bridgehead atoms. The molecule has 0 aromatic carbocycles. The number of carbonyl (C=O) groups is 1. The summed E-state index contributed by atoms with van der Waals surface area (Å²) in [6.07, 6.45) is 25.0. The van der Waals surface area contributed by atoms with Crippen molar-refractivity contribution in [1.82, 2.24) is 5.32 Å². The lowest BCUT2D eigenvalue weighted by atomic mass is 10.0. The molecule has 0 aliphatic carbocycles. The Morgan fingerprint density at radius 1 is 0.655 bits per heavy atom. The summed E-state index contributed by atoms with van der Waals surface area (Å²) in [6.45, 7) is 8.03. The topological polar surface area (TPSA) is 69.6 Å². The van der Waals surface area contributed by atoms with E-state index in [1.807, 2.05) is 0 Å². The van der Waals surface area contributed by atoms with Crippen LogP contribution in [0.5, 0.6) is 0 Å². The van der Waals surface area contributed by atoms with Crippen LogP contribution in [0.3, 0.4) is 0 Å². The number of unbranched alkanes of at least 4 members (excludes halogenated alkanes) is 17. The van der Waals surface area contributed by atoms with Crippen LogP contribution in [0.25, 0.3) is 0 Å². The minimum atomic E-state index is -1.23. The molecule has 0 aliphatic heterocycles. The Labute approximate surface area is 182 Å². The molecule has 0 saturated carbocycles. The summed E-state index contributed by atoms with van der Waals surface area (Å²) in [5.74, 6) is -1.19. The maximum atomic E-state index is 9.45. The highest BCUT2D eigenvalue weighted by atomic mass is 16.4. The predicted molar refractivity (Wildman–Crippen MR) is 127 cm³/mol. The molecular formula is C25H53NO3. The Kier molecular flexibility index (Phi) is 28.9. The van der Waals surface area contributed by atoms with E-state index in [4.69, 9.17) is 10.2 Å². The van der Waals surface area contributed by atoms with Gasteiger partial charge in [-0.15, -0.1) is 0 Å². The van der Waals surface area contributed by atoms with Gasteiger partial charge >= 0.3 is 5.97 Å². The lowest BCUT2D eigenvalue weighted by molar-refractivity contribution is -0.145. The molecule has 29 heavy (non-hydrogen) atoms. The fraction of sp³-hybridized carbons (Fsp3) is 0.960. The summed E-state index contributed by atoms with van der Waals surface area (Å²) in [4.78, 5) is 9.45. The van der Waals surface area contributed by atoms with Crippen molar-refractivity contribution in [3.63, 3.8) is 0 Å². The number of hydrogen-bond donors (Lipinski definition) is 3. The molecule has 3 N–H and O–H groups in total. The largest absolute Gasteiger partial charge is 0.479 e. The second-order valence-electron chi connectivity index (χ2n) is 8.38. The molecule has 1 atom stereocenters. The van der Waals surface area contributed by atoms with Gasteiger partial charge in [-0.25, -0.2) is 4.79 Å². The van der Waals surface area contributed by atoms with E-state index >= 15 is 0 Å². The van der Waals surface area contributed by atoms with Crippen molar-refractivity contribution in [2.75, 3.05) is 13.1 Å². The maximum absolute atomic E-state index is 9.45. The first-order chi connectivity index (χ1) is 14.1. The highest BCUT2D eigenvalue weighted by Crippen LogP contribution is 2.14. The Balaban J connectivity index is 0. The van der Waals surface area contributed by atoms with E-state index in [9.17, 15) is 4.79 Å². The zero-order valence-electron chi connectivity index (χ0n) is 20.0. The van der Waals surface area contributed by atoms with Crippen LogP contribution in [0.1, 0.15) is 136 Å². The van der Waals surface area contributed by atoms with Gasteiger partial charge in [-0.3, -0.25) is 0 Å². The number of carboxylic acids is 1. The number of aliphatic hydroxyl groups is 1. The Morgan fingerprint density at radius 2 is 0.931 bits per heavy atom. The molecule has 176 valence electrons. The lowest BCUT2D eigenvalue weighted by Crippen LogP contribution is -2.13. The highest BCUT2D eigenvalue weighted by Gasteiger charge is 2.01. The van der Waals surface area contributed by atoms with Crippen LogP contribution in [0, 0.1) is 0 Å². The molecule has 0 radical (unpaired) electrons. The number of aliphatic carboxylic acids is 1. The Morgan fingerprint density at radius 3 is 1.17 bits per heavy atom. The summed E-state index contributed by atoms with van der Waals surface area (Å²) in [6, 6.07) is 0. The SMILES string of the molecule is CC(O)C(=O)O.CCCCCCCCCCCCCCCCCCCCNCC. The molecule has 0 spiro atoms. The van der Waals surface area contributed by atoms with Crippen LogP contribution < -0.4 is 5.32 Å². The van der Waals surface area contributed by atoms with Crippen molar-refractivity contribution in [3.05, 3.63) is 0 Å². The van der Waals surface area contributed by atoms with E-state index in [-0.39, 0.29) is 0 Å². The van der Waals surface area contributed by atoms with Gasteiger partial charge in [0.1, 0.15) is 6.10 Å². The maximum Gasteiger partial charge on any atom is 0.332 e. The van der Waals surface area contributed by atoms with Gasteiger partial charge in [0.05, 0.1) is 0 Å². The van der Waals surface area contributed by atoms with E-state index in [0.29, 0.717) is 0 Å². The summed E-state index contributed by atoms with van der Waals surface area (Å²) in [5, 5.41) is 19.2. The molecular weight excluding hydrogens is 362 g/mol. The molecule has 0 aromatic heterocycles. The molecule has 0 amide bonds. The third-order valence-electron chi connectivity index (χ3n) is 5.31. The standard InChI is InChI=1S/C22H47N.C3H6O3/c1-3-5-6-7-8-9-10-11-12-13-14-15-16-17-18-19-20-21-22-23-4-2;1-2(4)3(5)6/h23H,3-22H2,1-2H3;2,4H,1H3,(H,5,6). The van der Waals surface area contributed by atoms with Crippen molar-refractivity contribution < 1.29 is 15.0 Å². The molecule has 1 unspecified atom stereocenters. The minimum Gasteiger partial charge on any atom is -0.479 e. The fourth-order valence-electron chi connectivity index (χ4n) is 3.33. The monoisotopic (exact) mass is 415 g/mol. The van der Waals surface area contributed by atoms with E-state index in [1.165, 1.54) is 129 Å². The van der Waals surface area contributed by atoms with Crippen LogP contribution in [0.2, 0.25) is 0 Å². The van der Waals surface area contributed by atoms with Gasteiger partial charge in [-0.1, -0.05) is 123 Å². The first-order valence-corrected chi connectivity index (χ1v) is 12.7. The van der Waals surface area contributed by atoms with Gasteiger partial charge in [0.2, 0.25) is 0 Å². The normalized spacial score (nSPS) is 11.7. The average molecular weight is 416 g/mol. The second-order valence-corrected chi connectivity index (χ2v) is 8.38. The van der Waals surface area contributed by atoms with Gasteiger partial charge in [-0.05, 0) is 26.4 Å². The summed E-state index contributed by atoms with van der Waals surface area (Å²) >= 11 is 0. The van der Waals surface area contributed by atoms with Crippen LogP contribution >= 0.6 is 0 Å².